The summed E-state index contributed by atoms with van der Waals surface area (Å²) in [5.41, 5.74) is 0. The molecule has 6 nitrogen and oxygen atoms in total. The Morgan fingerprint density at radius 1 is 0.297 bits per heavy atom. The molecule has 0 aliphatic rings. The lowest BCUT2D eigenvalue weighted by molar-refractivity contribution is -0.167. The van der Waals surface area contributed by atoms with Crippen molar-refractivity contribution in [2.45, 2.75) is 330 Å². The molecular formula is C58H112O6. The molecule has 0 aromatic rings. The van der Waals surface area contributed by atoms with Gasteiger partial charge in [-0.05, 0) is 31.1 Å². The van der Waals surface area contributed by atoms with Crippen molar-refractivity contribution in [2.24, 2.45) is 11.8 Å². The normalized spacial score (nSPS) is 12.0. The van der Waals surface area contributed by atoms with Crippen molar-refractivity contribution in [1.29, 1.82) is 0 Å². The maximum Gasteiger partial charge on any atom is 0.306 e. The van der Waals surface area contributed by atoms with E-state index in [0.717, 1.165) is 69.6 Å². The minimum atomic E-state index is -0.763. The standard InChI is InChI=1S/C58H112O6/c1-6-7-8-9-10-11-12-13-14-15-16-19-23-30-35-40-45-50-58(61)64-55(52-63-57(60)49-44-39-34-29-25-24-27-32-37-42-47-54(4)5)51-62-56(59)48-43-38-33-28-22-20-17-18-21-26-31-36-41-46-53(2)3/h53-55H,6-52H2,1-5H3/t55-/m0/s1. The van der Waals surface area contributed by atoms with E-state index in [9.17, 15) is 14.4 Å². The molecule has 1 atom stereocenters. The molecule has 0 spiro atoms. The third kappa shape index (κ3) is 51.4. The smallest absolute Gasteiger partial charge is 0.306 e. The molecular weight excluding hydrogens is 793 g/mol. The summed E-state index contributed by atoms with van der Waals surface area (Å²) in [5, 5.41) is 0. The van der Waals surface area contributed by atoms with Crippen LogP contribution in [0.3, 0.4) is 0 Å². The first-order valence-electron chi connectivity index (χ1n) is 28.7. The van der Waals surface area contributed by atoms with Crippen molar-refractivity contribution >= 4 is 17.9 Å². The summed E-state index contributed by atoms with van der Waals surface area (Å²) in [6.07, 6.45) is 53.8. The number of carbonyl (C=O) groups excluding carboxylic acids is 3. The SMILES string of the molecule is CCCCCCCCCCCCCCCCCCCC(=O)O[C@@H](COC(=O)CCCCCCCCCCCCCCCC(C)C)COC(=O)CCCCCCCCCCCCC(C)C. The van der Waals surface area contributed by atoms with Gasteiger partial charge in [0, 0.05) is 19.3 Å². The van der Waals surface area contributed by atoms with E-state index in [0.29, 0.717) is 19.3 Å². The Labute approximate surface area is 399 Å². The van der Waals surface area contributed by atoms with Crippen molar-refractivity contribution in [3.05, 3.63) is 0 Å². The lowest BCUT2D eigenvalue weighted by atomic mass is 10.0. The molecule has 0 aromatic heterocycles. The van der Waals surface area contributed by atoms with E-state index in [2.05, 4.69) is 34.6 Å². The van der Waals surface area contributed by atoms with Gasteiger partial charge >= 0.3 is 17.9 Å². The summed E-state index contributed by atoms with van der Waals surface area (Å²) < 4.78 is 16.9. The summed E-state index contributed by atoms with van der Waals surface area (Å²) in [7, 11) is 0. The zero-order valence-electron chi connectivity index (χ0n) is 43.9. The number of unbranched alkanes of at least 4 members (excludes halogenated alkanes) is 37. The molecule has 0 N–H and O–H groups in total. The summed E-state index contributed by atoms with van der Waals surface area (Å²) in [4.78, 5) is 38.1. The predicted octanol–water partition coefficient (Wildman–Crippen LogP) is 18.9. The van der Waals surface area contributed by atoms with Gasteiger partial charge in [0.2, 0.25) is 0 Å². The van der Waals surface area contributed by atoms with Crippen LogP contribution in [0.4, 0.5) is 0 Å². The number of esters is 3. The molecule has 0 fully saturated rings. The number of rotatable bonds is 52. The van der Waals surface area contributed by atoms with Crippen LogP contribution in [0.1, 0.15) is 324 Å². The quantitative estimate of drug-likeness (QED) is 0.0344. The van der Waals surface area contributed by atoms with Crippen LogP contribution < -0.4 is 0 Å². The van der Waals surface area contributed by atoms with Crippen molar-refractivity contribution in [1.82, 2.24) is 0 Å². The van der Waals surface area contributed by atoms with Crippen LogP contribution in [-0.4, -0.2) is 37.2 Å². The van der Waals surface area contributed by atoms with Crippen LogP contribution in [0.5, 0.6) is 0 Å². The van der Waals surface area contributed by atoms with Crippen LogP contribution in [0.15, 0.2) is 0 Å². The first kappa shape index (κ1) is 62.4. The molecule has 0 aromatic carbocycles. The molecule has 0 heterocycles. The van der Waals surface area contributed by atoms with Gasteiger partial charge in [-0.2, -0.15) is 0 Å². The second kappa shape index (κ2) is 50.8. The van der Waals surface area contributed by atoms with Gasteiger partial charge in [-0.25, -0.2) is 0 Å². The Morgan fingerprint density at radius 3 is 0.766 bits per heavy atom. The van der Waals surface area contributed by atoms with Crippen LogP contribution in [-0.2, 0) is 28.6 Å². The molecule has 0 bridgehead atoms. The monoisotopic (exact) mass is 905 g/mol. The molecule has 0 aliphatic heterocycles. The summed E-state index contributed by atoms with van der Waals surface area (Å²) in [6, 6.07) is 0. The first-order chi connectivity index (χ1) is 31.2. The summed E-state index contributed by atoms with van der Waals surface area (Å²) in [6.45, 7) is 11.4. The van der Waals surface area contributed by atoms with Crippen LogP contribution >= 0.6 is 0 Å². The van der Waals surface area contributed by atoms with Gasteiger partial charge in [0.1, 0.15) is 13.2 Å². The first-order valence-corrected chi connectivity index (χ1v) is 28.7. The molecule has 0 rings (SSSR count). The topological polar surface area (TPSA) is 78.9 Å². The highest BCUT2D eigenvalue weighted by Gasteiger charge is 2.19. The van der Waals surface area contributed by atoms with E-state index in [4.69, 9.17) is 14.2 Å². The molecule has 0 saturated carbocycles. The Morgan fingerprint density at radius 2 is 0.516 bits per heavy atom. The van der Waals surface area contributed by atoms with Crippen LogP contribution in [0.25, 0.3) is 0 Å². The molecule has 0 unspecified atom stereocenters. The molecule has 64 heavy (non-hydrogen) atoms. The van der Waals surface area contributed by atoms with Gasteiger partial charge in [0.25, 0.3) is 0 Å². The highest BCUT2D eigenvalue weighted by Crippen LogP contribution is 2.18. The zero-order chi connectivity index (χ0) is 46.8. The Hall–Kier alpha value is -1.59. The number of ether oxygens (including phenoxy) is 3. The van der Waals surface area contributed by atoms with Gasteiger partial charge in [-0.1, -0.05) is 285 Å². The van der Waals surface area contributed by atoms with Crippen LogP contribution in [0, 0.1) is 11.8 Å². The fraction of sp³-hybridized carbons (Fsp3) is 0.948. The number of hydrogen-bond acceptors (Lipinski definition) is 6. The Bertz CT molecular complexity index is 978. The molecule has 0 saturated heterocycles. The van der Waals surface area contributed by atoms with Crippen molar-refractivity contribution in [2.75, 3.05) is 13.2 Å². The van der Waals surface area contributed by atoms with Crippen molar-refractivity contribution < 1.29 is 28.6 Å². The van der Waals surface area contributed by atoms with Gasteiger partial charge in [-0.3, -0.25) is 14.4 Å². The number of carbonyl (C=O) groups is 3. The number of hydrogen-bond donors (Lipinski definition) is 0. The van der Waals surface area contributed by atoms with Crippen molar-refractivity contribution in [3.63, 3.8) is 0 Å². The van der Waals surface area contributed by atoms with Gasteiger partial charge in [0.15, 0.2) is 6.10 Å². The Balaban J connectivity index is 4.30. The maximum atomic E-state index is 12.8. The van der Waals surface area contributed by atoms with E-state index in [-0.39, 0.29) is 31.1 Å². The molecule has 0 radical (unpaired) electrons. The van der Waals surface area contributed by atoms with E-state index in [1.807, 2.05) is 0 Å². The predicted molar refractivity (Wildman–Crippen MR) is 275 cm³/mol. The lowest BCUT2D eigenvalue weighted by Gasteiger charge is -2.18. The second-order valence-electron chi connectivity index (χ2n) is 20.9. The highest BCUT2D eigenvalue weighted by atomic mass is 16.6. The fourth-order valence-corrected chi connectivity index (χ4v) is 8.87. The third-order valence-corrected chi connectivity index (χ3v) is 13.2. The lowest BCUT2D eigenvalue weighted by Crippen LogP contribution is -2.30. The zero-order valence-corrected chi connectivity index (χ0v) is 43.9. The van der Waals surface area contributed by atoms with Crippen molar-refractivity contribution in [3.8, 4) is 0 Å². The molecule has 6 heteroatoms. The van der Waals surface area contributed by atoms with E-state index >= 15 is 0 Å². The maximum absolute atomic E-state index is 12.8. The van der Waals surface area contributed by atoms with Crippen LogP contribution in [0.2, 0.25) is 0 Å². The average molecular weight is 906 g/mol. The molecule has 0 amide bonds. The van der Waals surface area contributed by atoms with Gasteiger partial charge in [0.05, 0.1) is 0 Å². The Kier molecular flexibility index (Phi) is 49.6. The second-order valence-corrected chi connectivity index (χ2v) is 20.9. The third-order valence-electron chi connectivity index (χ3n) is 13.2. The fourth-order valence-electron chi connectivity index (χ4n) is 8.87. The molecule has 380 valence electrons. The average Bonchev–Trinajstić information content (AvgIpc) is 3.27. The largest absolute Gasteiger partial charge is 0.462 e. The summed E-state index contributed by atoms with van der Waals surface area (Å²) >= 11 is 0. The summed E-state index contributed by atoms with van der Waals surface area (Å²) in [5.74, 6) is 0.818. The van der Waals surface area contributed by atoms with E-state index in [1.165, 1.54) is 212 Å². The molecule has 0 aliphatic carbocycles. The minimum absolute atomic E-state index is 0.0629. The van der Waals surface area contributed by atoms with Gasteiger partial charge in [-0.15, -0.1) is 0 Å². The van der Waals surface area contributed by atoms with E-state index < -0.39 is 6.10 Å². The van der Waals surface area contributed by atoms with Gasteiger partial charge < -0.3 is 14.2 Å². The van der Waals surface area contributed by atoms with E-state index in [1.54, 1.807) is 0 Å². The highest BCUT2D eigenvalue weighted by molar-refractivity contribution is 5.71. The minimum Gasteiger partial charge on any atom is -0.462 e.